The molecule has 0 radical (unpaired) electrons. The molecule has 0 spiro atoms. The van der Waals surface area contributed by atoms with E-state index in [0.717, 1.165) is 13.0 Å². The Balaban J connectivity index is 4.05. The van der Waals surface area contributed by atoms with Gasteiger partial charge in [-0.15, -0.1) is 0 Å². The minimum Gasteiger partial charge on any atom is -0.396 e. The third kappa shape index (κ3) is 8.91. The van der Waals surface area contributed by atoms with E-state index in [2.05, 4.69) is 18.7 Å². The molecule has 0 aliphatic heterocycles. The molecule has 0 unspecified atom stereocenters. The van der Waals surface area contributed by atoms with E-state index in [1.165, 1.54) is 0 Å². The van der Waals surface area contributed by atoms with E-state index in [4.69, 9.17) is 23.1 Å². The number of carbonyl (C=O) groups is 1. The number of nitrogens with zero attached hydrogens (tertiary/aromatic N) is 2. The number of amides is 1. The number of rotatable bonds is 10. The van der Waals surface area contributed by atoms with Crippen LogP contribution in [0.5, 0.6) is 0 Å². The van der Waals surface area contributed by atoms with Crippen LogP contribution in [0.3, 0.4) is 0 Å². The summed E-state index contributed by atoms with van der Waals surface area (Å²) in [5.41, 5.74) is 5.42. The molecule has 112 valence electrons. The summed E-state index contributed by atoms with van der Waals surface area (Å²) in [6.45, 7) is 6.49. The molecule has 0 saturated carbocycles. The molecule has 19 heavy (non-hydrogen) atoms. The molecule has 0 heterocycles. The molecular weight excluding hydrogens is 262 g/mol. The summed E-state index contributed by atoms with van der Waals surface area (Å²) in [5.74, 6) is 0.103. The first-order valence-electron chi connectivity index (χ1n) is 6.75. The fourth-order valence-corrected chi connectivity index (χ4v) is 1.83. The molecule has 0 aromatic carbocycles. The lowest BCUT2D eigenvalue weighted by Gasteiger charge is -2.27. The predicted molar refractivity (Wildman–Crippen MR) is 82.1 cm³/mol. The summed E-state index contributed by atoms with van der Waals surface area (Å²) in [5, 5.41) is 8.86. The van der Waals surface area contributed by atoms with Crippen LogP contribution in [0.4, 0.5) is 0 Å². The van der Waals surface area contributed by atoms with E-state index in [1.807, 2.05) is 0 Å². The first-order chi connectivity index (χ1) is 8.88. The van der Waals surface area contributed by atoms with Gasteiger partial charge in [0, 0.05) is 52.2 Å². The minimum atomic E-state index is 0.103. The van der Waals surface area contributed by atoms with Gasteiger partial charge in [0.05, 0.1) is 4.99 Å². The van der Waals surface area contributed by atoms with Crippen LogP contribution in [-0.2, 0) is 4.79 Å². The standard InChI is InChI=1S/C13H27N3O2S/c1-11(2)16(7-4-10-17)9-6-13(18)15(3)8-5-12(14)19/h11,17H,4-10H2,1-3H3,(H2,14,19). The largest absolute Gasteiger partial charge is 0.396 e. The number of thiocarbonyl (C=S) groups is 1. The van der Waals surface area contributed by atoms with Crippen molar-refractivity contribution < 1.29 is 9.90 Å². The Morgan fingerprint density at radius 2 is 1.89 bits per heavy atom. The third-order valence-corrected chi connectivity index (χ3v) is 3.27. The highest BCUT2D eigenvalue weighted by Gasteiger charge is 2.13. The van der Waals surface area contributed by atoms with Crippen molar-refractivity contribution >= 4 is 23.1 Å². The maximum atomic E-state index is 11.9. The Morgan fingerprint density at radius 3 is 2.37 bits per heavy atom. The van der Waals surface area contributed by atoms with Gasteiger partial charge in [-0.05, 0) is 20.3 Å². The SMILES string of the molecule is CC(C)N(CCCO)CCC(=O)N(C)CCC(N)=S. The van der Waals surface area contributed by atoms with E-state index in [-0.39, 0.29) is 12.5 Å². The predicted octanol–water partition coefficient (Wildman–Crippen LogP) is 0.604. The number of nitrogens with two attached hydrogens (primary N) is 1. The highest BCUT2D eigenvalue weighted by atomic mass is 32.1. The van der Waals surface area contributed by atoms with Crippen molar-refractivity contribution in [2.45, 2.75) is 39.2 Å². The van der Waals surface area contributed by atoms with Crippen molar-refractivity contribution in [3.8, 4) is 0 Å². The highest BCUT2D eigenvalue weighted by molar-refractivity contribution is 7.80. The van der Waals surface area contributed by atoms with Crippen LogP contribution >= 0.6 is 12.2 Å². The summed E-state index contributed by atoms with van der Waals surface area (Å²) < 4.78 is 0. The van der Waals surface area contributed by atoms with Gasteiger partial charge in [0.25, 0.3) is 0 Å². The van der Waals surface area contributed by atoms with Crippen LogP contribution in [-0.4, -0.2) is 65.1 Å². The van der Waals surface area contributed by atoms with E-state index < -0.39 is 0 Å². The van der Waals surface area contributed by atoms with E-state index in [0.29, 0.717) is 37.0 Å². The van der Waals surface area contributed by atoms with Gasteiger partial charge in [-0.3, -0.25) is 4.79 Å². The van der Waals surface area contributed by atoms with Crippen LogP contribution < -0.4 is 5.73 Å². The summed E-state index contributed by atoms with van der Waals surface area (Å²) in [4.78, 5) is 16.2. The van der Waals surface area contributed by atoms with Gasteiger partial charge >= 0.3 is 0 Å². The fraction of sp³-hybridized carbons (Fsp3) is 0.846. The van der Waals surface area contributed by atoms with Gasteiger partial charge in [-0.1, -0.05) is 12.2 Å². The van der Waals surface area contributed by atoms with Gasteiger partial charge in [0.15, 0.2) is 0 Å². The molecule has 0 saturated heterocycles. The van der Waals surface area contributed by atoms with E-state index in [9.17, 15) is 4.79 Å². The minimum absolute atomic E-state index is 0.103. The molecule has 0 aromatic rings. The quantitative estimate of drug-likeness (QED) is 0.577. The topological polar surface area (TPSA) is 69.8 Å². The Morgan fingerprint density at radius 1 is 1.26 bits per heavy atom. The average Bonchev–Trinajstić information content (AvgIpc) is 2.35. The molecule has 0 fully saturated rings. The smallest absolute Gasteiger partial charge is 0.223 e. The van der Waals surface area contributed by atoms with Gasteiger partial charge in [-0.25, -0.2) is 0 Å². The van der Waals surface area contributed by atoms with Crippen molar-refractivity contribution in [3.63, 3.8) is 0 Å². The molecule has 0 aliphatic rings. The average molecular weight is 289 g/mol. The number of hydrogen-bond donors (Lipinski definition) is 2. The van der Waals surface area contributed by atoms with Crippen LogP contribution in [0, 0.1) is 0 Å². The van der Waals surface area contributed by atoms with Gasteiger partial charge in [0.1, 0.15) is 0 Å². The van der Waals surface area contributed by atoms with Gasteiger partial charge in [-0.2, -0.15) is 0 Å². The molecule has 1 amide bonds. The second-order valence-corrected chi connectivity index (χ2v) is 5.51. The first kappa shape index (κ1) is 18.3. The molecular formula is C13H27N3O2S. The monoisotopic (exact) mass is 289 g/mol. The maximum absolute atomic E-state index is 11.9. The highest BCUT2D eigenvalue weighted by Crippen LogP contribution is 2.03. The van der Waals surface area contributed by atoms with Crippen molar-refractivity contribution in [3.05, 3.63) is 0 Å². The Labute approximate surface area is 121 Å². The second-order valence-electron chi connectivity index (χ2n) is 4.99. The number of carbonyl (C=O) groups excluding carboxylic acids is 1. The first-order valence-corrected chi connectivity index (χ1v) is 7.16. The maximum Gasteiger partial charge on any atom is 0.223 e. The third-order valence-electron chi connectivity index (χ3n) is 3.07. The van der Waals surface area contributed by atoms with Crippen LogP contribution in [0.15, 0.2) is 0 Å². The van der Waals surface area contributed by atoms with Crippen LogP contribution in [0.1, 0.15) is 33.1 Å². The summed E-state index contributed by atoms with van der Waals surface area (Å²) in [6, 6.07) is 0.376. The lowest BCUT2D eigenvalue weighted by atomic mass is 10.2. The Bertz CT molecular complexity index is 285. The van der Waals surface area contributed by atoms with Crippen LogP contribution in [0.2, 0.25) is 0 Å². The Kier molecular flexibility index (Phi) is 9.73. The van der Waals surface area contributed by atoms with E-state index in [1.54, 1.807) is 11.9 Å². The van der Waals surface area contributed by atoms with Crippen molar-refractivity contribution in [1.29, 1.82) is 0 Å². The van der Waals surface area contributed by atoms with Gasteiger partial charge in [0.2, 0.25) is 5.91 Å². The zero-order valence-corrected chi connectivity index (χ0v) is 13.1. The fourth-order valence-electron chi connectivity index (χ4n) is 1.73. The second kappa shape index (κ2) is 10.1. The molecule has 5 nitrogen and oxygen atoms in total. The lowest BCUT2D eigenvalue weighted by Crippen LogP contribution is -2.37. The normalized spacial score (nSPS) is 11.1. The molecule has 0 aromatic heterocycles. The van der Waals surface area contributed by atoms with Crippen molar-refractivity contribution in [1.82, 2.24) is 9.80 Å². The van der Waals surface area contributed by atoms with Crippen LogP contribution in [0.25, 0.3) is 0 Å². The van der Waals surface area contributed by atoms with Crippen molar-refractivity contribution in [2.75, 3.05) is 33.3 Å². The Hall–Kier alpha value is -0.720. The van der Waals surface area contributed by atoms with Crippen molar-refractivity contribution in [2.24, 2.45) is 5.73 Å². The zero-order valence-electron chi connectivity index (χ0n) is 12.3. The summed E-state index contributed by atoms with van der Waals surface area (Å²) in [7, 11) is 1.77. The molecule has 0 bridgehead atoms. The number of aliphatic hydroxyl groups excluding tert-OH is 1. The molecule has 0 aliphatic carbocycles. The summed E-state index contributed by atoms with van der Waals surface area (Å²) in [6.07, 6.45) is 1.79. The molecule has 6 heteroatoms. The lowest BCUT2D eigenvalue weighted by molar-refractivity contribution is -0.130. The summed E-state index contributed by atoms with van der Waals surface area (Å²) >= 11 is 4.80. The number of hydrogen-bond acceptors (Lipinski definition) is 4. The van der Waals surface area contributed by atoms with Gasteiger partial charge < -0.3 is 20.6 Å². The molecule has 0 rings (SSSR count). The number of aliphatic hydroxyl groups is 1. The molecule has 0 atom stereocenters. The zero-order chi connectivity index (χ0) is 14.8. The van der Waals surface area contributed by atoms with E-state index >= 15 is 0 Å². The molecule has 3 N–H and O–H groups in total.